The van der Waals surface area contributed by atoms with Crippen LogP contribution in [0.15, 0.2) is 0 Å². The highest BCUT2D eigenvalue weighted by atomic mass is 19.4. The Balaban J connectivity index is 4.79. The first-order valence-corrected chi connectivity index (χ1v) is 5.31. The molecule has 0 saturated carbocycles. The highest BCUT2D eigenvalue weighted by Gasteiger charge is 2.34. The van der Waals surface area contributed by atoms with Crippen LogP contribution in [0.25, 0.3) is 0 Å². The van der Waals surface area contributed by atoms with E-state index in [1.54, 1.807) is 5.32 Å². The number of nitrogens with two attached hydrogens (primary N) is 1. The SMILES string of the molecule is NC(=O)CC(NC(=O)N(CCO)CC(F)(F)F)C(=O)O. The van der Waals surface area contributed by atoms with E-state index in [0.717, 1.165) is 0 Å². The number of amides is 3. The lowest BCUT2D eigenvalue weighted by molar-refractivity contribution is -0.142. The Labute approximate surface area is 111 Å². The van der Waals surface area contributed by atoms with Crippen molar-refractivity contribution in [3.63, 3.8) is 0 Å². The Kier molecular flexibility index (Phi) is 6.76. The fraction of sp³-hybridized carbons (Fsp3) is 0.667. The van der Waals surface area contributed by atoms with Gasteiger partial charge in [0.05, 0.1) is 13.0 Å². The van der Waals surface area contributed by atoms with E-state index in [-0.39, 0.29) is 4.90 Å². The number of urea groups is 1. The quantitative estimate of drug-likeness (QED) is 0.473. The molecule has 0 aromatic carbocycles. The highest BCUT2D eigenvalue weighted by molar-refractivity contribution is 5.87. The van der Waals surface area contributed by atoms with Crippen LogP contribution in [0.5, 0.6) is 0 Å². The number of aliphatic carboxylic acids is 1. The fourth-order valence-corrected chi connectivity index (χ4v) is 1.23. The van der Waals surface area contributed by atoms with Gasteiger partial charge in [0.2, 0.25) is 5.91 Å². The molecule has 116 valence electrons. The van der Waals surface area contributed by atoms with Crippen LogP contribution < -0.4 is 11.1 Å². The maximum Gasteiger partial charge on any atom is 0.406 e. The summed E-state index contributed by atoms with van der Waals surface area (Å²) >= 11 is 0. The van der Waals surface area contributed by atoms with Gasteiger partial charge in [0, 0.05) is 6.54 Å². The van der Waals surface area contributed by atoms with Gasteiger partial charge in [-0.1, -0.05) is 0 Å². The van der Waals surface area contributed by atoms with Crippen molar-refractivity contribution in [1.82, 2.24) is 10.2 Å². The van der Waals surface area contributed by atoms with Crippen LogP contribution in [0.4, 0.5) is 18.0 Å². The summed E-state index contributed by atoms with van der Waals surface area (Å²) in [6, 6.07) is -3.11. The summed E-state index contributed by atoms with van der Waals surface area (Å²) in [7, 11) is 0. The van der Waals surface area contributed by atoms with Crippen LogP contribution >= 0.6 is 0 Å². The standard InChI is InChI=1S/C9H14F3N3O5/c10-9(11,12)4-15(1-2-16)8(20)14-5(7(18)19)3-6(13)17/h5,16H,1-4H2,(H2,13,17)(H,14,20)(H,18,19). The minimum Gasteiger partial charge on any atom is -0.480 e. The number of hydrogen-bond donors (Lipinski definition) is 4. The molecule has 0 heterocycles. The molecule has 8 nitrogen and oxygen atoms in total. The van der Waals surface area contributed by atoms with Crippen molar-refractivity contribution in [3.8, 4) is 0 Å². The average molecular weight is 301 g/mol. The van der Waals surface area contributed by atoms with Crippen LogP contribution in [0.3, 0.4) is 0 Å². The van der Waals surface area contributed by atoms with Gasteiger partial charge in [-0.3, -0.25) is 4.79 Å². The largest absolute Gasteiger partial charge is 0.480 e. The van der Waals surface area contributed by atoms with Gasteiger partial charge in [0.1, 0.15) is 12.6 Å². The van der Waals surface area contributed by atoms with E-state index >= 15 is 0 Å². The van der Waals surface area contributed by atoms with E-state index in [0.29, 0.717) is 0 Å². The zero-order chi connectivity index (χ0) is 15.9. The van der Waals surface area contributed by atoms with Gasteiger partial charge in [-0.25, -0.2) is 9.59 Å². The molecule has 0 aliphatic heterocycles. The Morgan fingerprint density at radius 2 is 1.85 bits per heavy atom. The molecule has 0 aromatic heterocycles. The lowest BCUT2D eigenvalue weighted by Crippen LogP contribution is -2.52. The maximum atomic E-state index is 12.2. The monoisotopic (exact) mass is 301 g/mol. The van der Waals surface area contributed by atoms with Crippen molar-refractivity contribution in [1.29, 1.82) is 0 Å². The molecular weight excluding hydrogens is 287 g/mol. The predicted octanol–water partition coefficient (Wildman–Crippen LogP) is -1.12. The lowest BCUT2D eigenvalue weighted by atomic mass is 10.2. The summed E-state index contributed by atoms with van der Waals surface area (Å²) in [6.07, 6.45) is -5.48. The number of carbonyl (C=O) groups is 3. The number of alkyl halides is 3. The minimum absolute atomic E-state index is 0.178. The number of aliphatic hydroxyl groups excluding tert-OH is 1. The average Bonchev–Trinajstić information content (AvgIpc) is 2.24. The van der Waals surface area contributed by atoms with Crippen LogP contribution in [0, 0.1) is 0 Å². The Hall–Kier alpha value is -2.04. The summed E-state index contributed by atoms with van der Waals surface area (Å²) in [5.74, 6) is -2.66. The first-order valence-electron chi connectivity index (χ1n) is 5.31. The molecular formula is C9H14F3N3O5. The normalized spacial score (nSPS) is 12.6. The molecule has 0 bridgehead atoms. The second-order valence-corrected chi connectivity index (χ2v) is 3.77. The van der Waals surface area contributed by atoms with E-state index < -0.39 is 56.2 Å². The molecule has 1 unspecified atom stereocenters. The van der Waals surface area contributed by atoms with Crippen molar-refractivity contribution < 1.29 is 37.8 Å². The molecule has 0 aliphatic rings. The van der Waals surface area contributed by atoms with Gasteiger partial charge in [-0.2, -0.15) is 13.2 Å². The van der Waals surface area contributed by atoms with Gasteiger partial charge in [-0.05, 0) is 0 Å². The number of hydrogen-bond acceptors (Lipinski definition) is 4. The molecule has 1 atom stereocenters. The molecule has 5 N–H and O–H groups in total. The first kappa shape index (κ1) is 18.0. The molecule has 0 aromatic rings. The number of primary amides is 1. The maximum absolute atomic E-state index is 12.2. The Morgan fingerprint density at radius 1 is 1.30 bits per heavy atom. The predicted molar refractivity (Wildman–Crippen MR) is 58.5 cm³/mol. The van der Waals surface area contributed by atoms with Gasteiger partial charge in [0.15, 0.2) is 0 Å². The third kappa shape index (κ3) is 7.41. The number of halogens is 3. The van der Waals surface area contributed by atoms with E-state index in [4.69, 9.17) is 15.9 Å². The van der Waals surface area contributed by atoms with Crippen molar-refractivity contribution in [2.24, 2.45) is 5.73 Å². The van der Waals surface area contributed by atoms with Gasteiger partial charge in [-0.15, -0.1) is 0 Å². The van der Waals surface area contributed by atoms with Crippen LogP contribution in [0.2, 0.25) is 0 Å². The zero-order valence-electron chi connectivity index (χ0n) is 10.2. The van der Waals surface area contributed by atoms with Crippen LogP contribution in [-0.2, 0) is 9.59 Å². The molecule has 0 aliphatic carbocycles. The number of carbonyl (C=O) groups excluding carboxylic acids is 2. The molecule has 0 saturated heterocycles. The van der Waals surface area contributed by atoms with Crippen molar-refractivity contribution in [2.45, 2.75) is 18.6 Å². The number of rotatable bonds is 7. The lowest BCUT2D eigenvalue weighted by Gasteiger charge is -2.25. The number of nitrogens with one attached hydrogen (secondary N) is 1. The summed E-state index contributed by atoms with van der Waals surface area (Å²) in [5, 5.41) is 19.0. The summed E-state index contributed by atoms with van der Waals surface area (Å²) in [6.45, 7) is -3.05. The third-order valence-corrected chi connectivity index (χ3v) is 2.03. The Morgan fingerprint density at radius 3 is 2.20 bits per heavy atom. The molecule has 20 heavy (non-hydrogen) atoms. The number of carboxylic acid groups (broad SMARTS) is 1. The zero-order valence-corrected chi connectivity index (χ0v) is 10.2. The molecule has 0 radical (unpaired) electrons. The van der Waals surface area contributed by atoms with E-state index in [1.807, 2.05) is 0 Å². The van der Waals surface area contributed by atoms with Crippen LogP contribution in [0.1, 0.15) is 6.42 Å². The molecule has 3 amide bonds. The number of nitrogens with zero attached hydrogens (tertiary/aromatic N) is 1. The smallest absolute Gasteiger partial charge is 0.406 e. The highest BCUT2D eigenvalue weighted by Crippen LogP contribution is 2.16. The third-order valence-electron chi connectivity index (χ3n) is 2.03. The van der Waals surface area contributed by atoms with Crippen LogP contribution in [-0.4, -0.2) is 64.9 Å². The second-order valence-electron chi connectivity index (χ2n) is 3.77. The van der Waals surface area contributed by atoms with E-state index in [9.17, 15) is 27.6 Å². The Bertz CT molecular complexity index is 374. The van der Waals surface area contributed by atoms with E-state index in [1.165, 1.54) is 0 Å². The van der Waals surface area contributed by atoms with Crippen molar-refractivity contribution in [2.75, 3.05) is 19.7 Å². The molecule has 0 spiro atoms. The number of carboxylic acids is 1. The summed E-state index contributed by atoms with van der Waals surface area (Å²) in [4.78, 5) is 33.0. The second kappa shape index (κ2) is 7.53. The summed E-state index contributed by atoms with van der Waals surface area (Å²) in [5.41, 5.74) is 4.76. The topological polar surface area (TPSA) is 133 Å². The van der Waals surface area contributed by atoms with Gasteiger partial charge >= 0.3 is 18.2 Å². The summed E-state index contributed by atoms with van der Waals surface area (Å²) < 4.78 is 36.6. The minimum atomic E-state index is -4.71. The fourth-order valence-electron chi connectivity index (χ4n) is 1.23. The van der Waals surface area contributed by atoms with Gasteiger partial charge < -0.3 is 26.2 Å². The van der Waals surface area contributed by atoms with E-state index in [2.05, 4.69) is 0 Å². The van der Waals surface area contributed by atoms with Crippen molar-refractivity contribution >= 4 is 17.9 Å². The molecule has 11 heteroatoms. The molecule has 0 rings (SSSR count). The number of aliphatic hydroxyl groups is 1. The van der Waals surface area contributed by atoms with Crippen molar-refractivity contribution in [3.05, 3.63) is 0 Å². The molecule has 0 fully saturated rings. The first-order chi connectivity index (χ1) is 9.06. The van der Waals surface area contributed by atoms with Gasteiger partial charge in [0.25, 0.3) is 0 Å².